The molecule has 3 heterocycles. The summed E-state index contributed by atoms with van der Waals surface area (Å²) in [6.45, 7) is -0.178. The molecule has 0 fully saturated rings. The van der Waals surface area contributed by atoms with Crippen LogP contribution < -0.4 is 10.1 Å². The van der Waals surface area contributed by atoms with E-state index in [1.807, 2.05) is 0 Å². The fraction of sp³-hybridized carbons (Fsp3) is 0.111. The molecule has 0 unspecified atom stereocenters. The molecule has 0 atom stereocenters. The first-order chi connectivity index (χ1) is 18.2. The zero-order valence-corrected chi connectivity index (χ0v) is 20.0. The van der Waals surface area contributed by atoms with E-state index >= 15 is 0 Å². The third-order valence-electron chi connectivity index (χ3n) is 5.45. The summed E-state index contributed by atoms with van der Waals surface area (Å²) in [7, 11) is 0. The fourth-order valence-electron chi connectivity index (χ4n) is 3.63. The lowest BCUT2D eigenvalue weighted by atomic mass is 10.1. The number of carbonyl (C=O) groups excluding carboxylic acids is 1. The standard InChI is InChI=1S/C26H17ClF3N5O3.CH4/c27-21-3-1-16(9-20(21)26(28,29)30)35-25(37)15-7-14-8-18(2-4-22(14)32-11-15)38-19-5-6-31-23(10-19)24-33-12-17(13-36)34-24;/h1-12,36H,13H2,(H,33,34)(H,35,37);1H4. The number of nitrogens with one attached hydrogen (secondary N) is 2. The lowest BCUT2D eigenvalue weighted by Crippen LogP contribution is -2.13. The molecule has 3 aromatic heterocycles. The van der Waals surface area contributed by atoms with Gasteiger partial charge in [-0.1, -0.05) is 19.0 Å². The maximum atomic E-state index is 13.1. The van der Waals surface area contributed by atoms with Crippen molar-refractivity contribution in [1.82, 2.24) is 19.9 Å². The maximum Gasteiger partial charge on any atom is 0.417 e. The van der Waals surface area contributed by atoms with E-state index in [0.717, 1.165) is 12.1 Å². The molecule has 200 valence electrons. The Morgan fingerprint density at radius 1 is 1.00 bits per heavy atom. The summed E-state index contributed by atoms with van der Waals surface area (Å²) >= 11 is 5.65. The first-order valence-electron chi connectivity index (χ1n) is 11.1. The number of carbonyl (C=O) groups is 1. The highest BCUT2D eigenvalue weighted by molar-refractivity contribution is 6.31. The number of aromatic amines is 1. The number of aromatic nitrogens is 4. The fourth-order valence-corrected chi connectivity index (χ4v) is 3.86. The number of fused-ring (bicyclic) bond motifs is 1. The monoisotopic (exact) mass is 555 g/mol. The molecule has 0 spiro atoms. The average molecular weight is 556 g/mol. The molecule has 39 heavy (non-hydrogen) atoms. The van der Waals surface area contributed by atoms with Crippen LogP contribution in [0.2, 0.25) is 5.02 Å². The lowest BCUT2D eigenvalue weighted by molar-refractivity contribution is -0.137. The summed E-state index contributed by atoms with van der Waals surface area (Å²) in [5.74, 6) is 0.764. The topological polar surface area (TPSA) is 113 Å². The summed E-state index contributed by atoms with van der Waals surface area (Å²) in [6, 6.07) is 13.1. The van der Waals surface area contributed by atoms with E-state index in [1.165, 1.54) is 18.5 Å². The van der Waals surface area contributed by atoms with Crippen molar-refractivity contribution >= 4 is 34.1 Å². The van der Waals surface area contributed by atoms with Crippen LogP contribution in [0.5, 0.6) is 11.5 Å². The van der Waals surface area contributed by atoms with Gasteiger partial charge < -0.3 is 20.1 Å². The molecule has 8 nitrogen and oxygen atoms in total. The third kappa shape index (κ3) is 6.16. The van der Waals surface area contributed by atoms with E-state index in [2.05, 4.69) is 25.3 Å². The van der Waals surface area contributed by atoms with Crippen molar-refractivity contribution in [1.29, 1.82) is 0 Å². The maximum absolute atomic E-state index is 13.1. The first kappa shape index (κ1) is 27.6. The number of imidazole rings is 1. The molecule has 0 saturated heterocycles. The number of ether oxygens (including phenoxy) is 1. The number of hydrogen-bond acceptors (Lipinski definition) is 6. The molecule has 12 heteroatoms. The lowest BCUT2D eigenvalue weighted by Gasteiger charge is -2.12. The van der Waals surface area contributed by atoms with Crippen molar-refractivity contribution in [3.8, 4) is 23.0 Å². The highest BCUT2D eigenvalue weighted by Gasteiger charge is 2.33. The van der Waals surface area contributed by atoms with Gasteiger partial charge in [-0.25, -0.2) is 4.98 Å². The third-order valence-corrected chi connectivity index (χ3v) is 5.78. The highest BCUT2D eigenvalue weighted by atomic mass is 35.5. The van der Waals surface area contributed by atoms with Gasteiger partial charge in [0.15, 0.2) is 5.82 Å². The molecule has 0 aliphatic heterocycles. The smallest absolute Gasteiger partial charge is 0.417 e. The molecule has 1 amide bonds. The van der Waals surface area contributed by atoms with Crippen LogP contribution in [0.4, 0.5) is 18.9 Å². The minimum absolute atomic E-state index is 0. The zero-order chi connectivity index (χ0) is 26.9. The molecule has 0 saturated carbocycles. The zero-order valence-electron chi connectivity index (χ0n) is 19.3. The van der Waals surface area contributed by atoms with E-state index in [1.54, 1.807) is 42.6 Å². The van der Waals surface area contributed by atoms with Crippen molar-refractivity contribution in [3.63, 3.8) is 0 Å². The van der Waals surface area contributed by atoms with Crippen LogP contribution in [0.3, 0.4) is 0 Å². The number of hydrogen-bond donors (Lipinski definition) is 3. The molecule has 0 radical (unpaired) electrons. The van der Waals surface area contributed by atoms with Gasteiger partial charge in [-0.05, 0) is 48.5 Å². The van der Waals surface area contributed by atoms with Crippen molar-refractivity contribution in [3.05, 3.63) is 95.0 Å². The summed E-state index contributed by atoms with van der Waals surface area (Å²) < 4.78 is 45.4. The van der Waals surface area contributed by atoms with Crippen LogP contribution >= 0.6 is 11.6 Å². The molecule has 5 rings (SSSR count). The number of anilines is 1. The number of amides is 1. The molecular formula is C27H21ClF3N5O3. The van der Waals surface area contributed by atoms with Gasteiger partial charge in [0.1, 0.15) is 17.2 Å². The number of halogens is 4. The minimum Gasteiger partial charge on any atom is -0.457 e. The largest absolute Gasteiger partial charge is 0.457 e. The Bertz CT molecular complexity index is 1660. The molecule has 0 aliphatic rings. The normalized spacial score (nSPS) is 11.2. The van der Waals surface area contributed by atoms with Gasteiger partial charge >= 0.3 is 6.18 Å². The minimum atomic E-state index is -4.66. The number of alkyl halides is 3. The van der Waals surface area contributed by atoms with Crippen LogP contribution in [0.15, 0.2) is 73.2 Å². The highest BCUT2D eigenvalue weighted by Crippen LogP contribution is 2.36. The van der Waals surface area contributed by atoms with Crippen LogP contribution in [0.25, 0.3) is 22.4 Å². The van der Waals surface area contributed by atoms with Crippen molar-refractivity contribution in [2.75, 3.05) is 5.32 Å². The number of aliphatic hydroxyl groups is 1. The Hall–Kier alpha value is -4.48. The summed E-state index contributed by atoms with van der Waals surface area (Å²) in [6.07, 6.45) is -0.263. The van der Waals surface area contributed by atoms with Crippen LogP contribution in [-0.2, 0) is 12.8 Å². The molecular weight excluding hydrogens is 535 g/mol. The molecule has 5 aromatic rings. The number of benzene rings is 2. The van der Waals surface area contributed by atoms with Crippen LogP contribution in [0, 0.1) is 0 Å². The van der Waals surface area contributed by atoms with E-state index in [0.29, 0.717) is 39.6 Å². The Morgan fingerprint density at radius 3 is 2.54 bits per heavy atom. The number of pyridine rings is 2. The predicted molar refractivity (Wildman–Crippen MR) is 141 cm³/mol. The predicted octanol–water partition coefficient (Wildman–Crippen LogP) is 6.87. The van der Waals surface area contributed by atoms with Gasteiger partial charge in [-0.2, -0.15) is 13.2 Å². The number of rotatable bonds is 6. The molecule has 3 N–H and O–H groups in total. The van der Waals surface area contributed by atoms with Gasteiger partial charge in [-0.15, -0.1) is 0 Å². The molecule has 0 aliphatic carbocycles. The van der Waals surface area contributed by atoms with Gasteiger partial charge in [0, 0.05) is 29.5 Å². The second-order valence-electron chi connectivity index (χ2n) is 8.12. The average Bonchev–Trinajstić information content (AvgIpc) is 3.38. The van der Waals surface area contributed by atoms with Crippen molar-refractivity contribution < 1.29 is 27.8 Å². The van der Waals surface area contributed by atoms with Gasteiger partial charge in [0.2, 0.25) is 0 Å². The Morgan fingerprint density at radius 2 is 1.79 bits per heavy atom. The second-order valence-corrected chi connectivity index (χ2v) is 8.53. The van der Waals surface area contributed by atoms with E-state index in [-0.39, 0.29) is 25.3 Å². The van der Waals surface area contributed by atoms with Crippen LogP contribution in [0.1, 0.15) is 29.0 Å². The molecule has 0 bridgehead atoms. The van der Waals surface area contributed by atoms with Crippen molar-refractivity contribution in [2.24, 2.45) is 0 Å². The Labute approximate surface area is 225 Å². The summed E-state index contributed by atoms with van der Waals surface area (Å²) in [5, 5.41) is 11.8. The van der Waals surface area contributed by atoms with Crippen LogP contribution in [-0.4, -0.2) is 30.9 Å². The van der Waals surface area contributed by atoms with Gasteiger partial charge in [-0.3, -0.25) is 14.8 Å². The Balaban J connectivity index is 0.00000353. The van der Waals surface area contributed by atoms with E-state index in [4.69, 9.17) is 16.3 Å². The quantitative estimate of drug-likeness (QED) is 0.211. The van der Waals surface area contributed by atoms with E-state index in [9.17, 15) is 23.1 Å². The summed E-state index contributed by atoms with van der Waals surface area (Å²) in [4.78, 5) is 28.4. The second kappa shape index (κ2) is 11.1. The van der Waals surface area contributed by atoms with E-state index < -0.39 is 22.7 Å². The molecule has 2 aromatic carbocycles. The SMILES string of the molecule is C.O=C(Nc1ccc(Cl)c(C(F)(F)F)c1)c1cnc2ccc(Oc3ccnc(-c4ncc(CO)[nH]4)c3)cc2c1. The van der Waals surface area contributed by atoms with Crippen molar-refractivity contribution in [2.45, 2.75) is 20.2 Å². The number of H-pyrrole nitrogens is 1. The van der Waals surface area contributed by atoms with Gasteiger partial charge in [0.25, 0.3) is 5.91 Å². The number of nitrogens with zero attached hydrogens (tertiary/aromatic N) is 3. The summed E-state index contributed by atoms with van der Waals surface area (Å²) in [5.41, 5.74) is 0.686. The first-order valence-corrected chi connectivity index (χ1v) is 11.4. The van der Waals surface area contributed by atoms with Gasteiger partial charge in [0.05, 0.1) is 40.2 Å². The number of aliphatic hydroxyl groups excluding tert-OH is 1. The Kier molecular flexibility index (Phi) is 7.84.